The molecule has 1 aliphatic rings. The van der Waals surface area contributed by atoms with Crippen molar-refractivity contribution >= 4 is 28.4 Å². The number of nitrogens with zero attached hydrogens (tertiary/aromatic N) is 1. The van der Waals surface area contributed by atoms with Crippen LogP contribution in [-0.4, -0.2) is 22.8 Å². The van der Waals surface area contributed by atoms with Crippen molar-refractivity contribution in [2.24, 2.45) is 0 Å². The van der Waals surface area contributed by atoms with E-state index < -0.39 is 6.04 Å². The highest BCUT2D eigenvalue weighted by atomic mass is 16.2. The number of aromatic amines is 1. The van der Waals surface area contributed by atoms with Gasteiger partial charge in [0.1, 0.15) is 6.04 Å². The minimum Gasteiger partial charge on any atom is -0.361 e. The second-order valence-electron chi connectivity index (χ2n) is 6.23. The van der Waals surface area contributed by atoms with E-state index in [2.05, 4.69) is 10.3 Å². The summed E-state index contributed by atoms with van der Waals surface area (Å²) in [5, 5.41) is 4.09. The van der Waals surface area contributed by atoms with Crippen molar-refractivity contribution in [3.63, 3.8) is 0 Å². The number of para-hydroxylation sites is 2. The number of hydrogen-bond acceptors (Lipinski definition) is 2. The van der Waals surface area contributed by atoms with Crippen molar-refractivity contribution in [3.8, 4) is 0 Å². The van der Waals surface area contributed by atoms with Crippen LogP contribution in [0.5, 0.6) is 0 Å². The number of nitrogens with one attached hydrogen (secondary N) is 2. The third-order valence-corrected chi connectivity index (χ3v) is 4.68. The molecule has 1 aliphatic heterocycles. The van der Waals surface area contributed by atoms with Crippen LogP contribution in [0.2, 0.25) is 0 Å². The molecular weight excluding hydrogens is 314 g/mol. The van der Waals surface area contributed by atoms with Gasteiger partial charge in [-0.3, -0.25) is 14.5 Å². The lowest BCUT2D eigenvalue weighted by Gasteiger charge is -2.24. The lowest BCUT2D eigenvalue weighted by molar-refractivity contribution is -0.124. The molecule has 25 heavy (non-hydrogen) atoms. The van der Waals surface area contributed by atoms with Gasteiger partial charge in [-0.2, -0.15) is 0 Å². The number of rotatable bonds is 4. The molecule has 1 aromatic heterocycles. The van der Waals surface area contributed by atoms with Gasteiger partial charge in [-0.15, -0.1) is 0 Å². The first kappa shape index (κ1) is 15.4. The van der Waals surface area contributed by atoms with Gasteiger partial charge in [-0.25, -0.2) is 0 Å². The van der Waals surface area contributed by atoms with Crippen molar-refractivity contribution in [2.45, 2.75) is 25.4 Å². The molecule has 0 saturated carbocycles. The molecule has 0 bridgehead atoms. The van der Waals surface area contributed by atoms with E-state index in [0.29, 0.717) is 19.4 Å². The van der Waals surface area contributed by atoms with Crippen LogP contribution < -0.4 is 10.2 Å². The van der Waals surface area contributed by atoms with E-state index in [1.165, 1.54) is 0 Å². The van der Waals surface area contributed by atoms with Crippen LogP contribution in [0.3, 0.4) is 0 Å². The Balaban J connectivity index is 1.49. The Hall–Kier alpha value is -3.08. The third-order valence-electron chi connectivity index (χ3n) is 4.68. The zero-order chi connectivity index (χ0) is 17.2. The summed E-state index contributed by atoms with van der Waals surface area (Å²) in [7, 11) is 0. The quantitative estimate of drug-likeness (QED) is 0.771. The van der Waals surface area contributed by atoms with Gasteiger partial charge < -0.3 is 10.3 Å². The molecule has 1 atom stereocenters. The minimum atomic E-state index is -0.444. The molecule has 1 fully saturated rings. The summed E-state index contributed by atoms with van der Waals surface area (Å²) < 4.78 is 0. The molecule has 2 heterocycles. The van der Waals surface area contributed by atoms with E-state index in [1.54, 1.807) is 4.90 Å². The number of H-pyrrole nitrogens is 1. The predicted molar refractivity (Wildman–Crippen MR) is 97.1 cm³/mol. The first-order chi connectivity index (χ1) is 12.2. The minimum absolute atomic E-state index is 0.00144. The smallest absolute Gasteiger partial charge is 0.243 e. The van der Waals surface area contributed by atoms with Gasteiger partial charge in [0.2, 0.25) is 11.8 Å². The number of aromatic nitrogens is 1. The summed E-state index contributed by atoms with van der Waals surface area (Å²) in [6.07, 6.45) is 2.87. The Kier molecular flexibility index (Phi) is 3.98. The number of hydrogen-bond donors (Lipinski definition) is 2. The van der Waals surface area contributed by atoms with E-state index in [-0.39, 0.29) is 11.8 Å². The SMILES string of the molecule is O=C(NCc1c[nH]c2ccccc12)C1CCC(=O)N1c1ccccc1. The highest BCUT2D eigenvalue weighted by Gasteiger charge is 2.36. The molecule has 126 valence electrons. The largest absolute Gasteiger partial charge is 0.361 e. The van der Waals surface area contributed by atoms with Crippen LogP contribution in [0, 0.1) is 0 Å². The van der Waals surface area contributed by atoms with Crippen LogP contribution in [0.4, 0.5) is 5.69 Å². The van der Waals surface area contributed by atoms with E-state index in [9.17, 15) is 9.59 Å². The zero-order valence-electron chi connectivity index (χ0n) is 13.7. The van der Waals surface area contributed by atoms with E-state index in [0.717, 1.165) is 22.2 Å². The number of anilines is 1. The summed E-state index contributed by atoms with van der Waals surface area (Å²) in [5.41, 5.74) is 2.87. The monoisotopic (exact) mass is 333 g/mol. The average molecular weight is 333 g/mol. The Labute approximate surface area is 145 Å². The molecule has 2 amide bonds. The Bertz CT molecular complexity index is 917. The zero-order valence-corrected chi connectivity index (χ0v) is 13.7. The summed E-state index contributed by atoms with van der Waals surface area (Å²) in [4.78, 5) is 29.8. The van der Waals surface area contributed by atoms with E-state index >= 15 is 0 Å². The third kappa shape index (κ3) is 2.89. The molecule has 3 aromatic rings. The topological polar surface area (TPSA) is 65.2 Å². The van der Waals surface area contributed by atoms with Gasteiger partial charge in [-0.1, -0.05) is 36.4 Å². The van der Waals surface area contributed by atoms with Crippen LogP contribution in [0.1, 0.15) is 18.4 Å². The van der Waals surface area contributed by atoms with Crippen LogP contribution >= 0.6 is 0 Å². The lowest BCUT2D eigenvalue weighted by Crippen LogP contribution is -2.44. The second kappa shape index (κ2) is 6.43. The molecule has 1 saturated heterocycles. The molecule has 2 N–H and O–H groups in total. The summed E-state index contributed by atoms with van der Waals surface area (Å²) in [6.45, 7) is 0.441. The summed E-state index contributed by atoms with van der Waals surface area (Å²) in [5.74, 6) is -0.113. The van der Waals surface area contributed by atoms with Gasteiger partial charge in [0.25, 0.3) is 0 Å². The number of amides is 2. The van der Waals surface area contributed by atoms with Gasteiger partial charge in [-0.05, 0) is 30.2 Å². The normalized spacial score (nSPS) is 17.2. The van der Waals surface area contributed by atoms with Crippen molar-refractivity contribution in [1.29, 1.82) is 0 Å². The number of carbonyl (C=O) groups is 2. The Morgan fingerprint density at radius 2 is 1.88 bits per heavy atom. The van der Waals surface area contributed by atoms with E-state index in [4.69, 9.17) is 0 Å². The number of benzene rings is 2. The fraction of sp³-hybridized carbons (Fsp3) is 0.200. The van der Waals surface area contributed by atoms with Crippen LogP contribution in [0.15, 0.2) is 60.8 Å². The Morgan fingerprint density at radius 3 is 2.72 bits per heavy atom. The van der Waals surface area contributed by atoms with Crippen LogP contribution in [0.25, 0.3) is 10.9 Å². The molecule has 0 spiro atoms. The van der Waals surface area contributed by atoms with Gasteiger partial charge in [0.05, 0.1) is 0 Å². The van der Waals surface area contributed by atoms with Crippen molar-refractivity contribution in [2.75, 3.05) is 4.90 Å². The number of fused-ring (bicyclic) bond motifs is 1. The molecule has 4 rings (SSSR count). The molecule has 2 aromatic carbocycles. The summed E-state index contributed by atoms with van der Waals surface area (Å²) in [6, 6.07) is 16.9. The molecule has 0 aliphatic carbocycles. The maximum Gasteiger partial charge on any atom is 0.243 e. The fourth-order valence-electron chi connectivity index (χ4n) is 3.42. The van der Waals surface area contributed by atoms with Crippen molar-refractivity contribution in [1.82, 2.24) is 10.3 Å². The first-order valence-electron chi connectivity index (χ1n) is 8.44. The lowest BCUT2D eigenvalue weighted by atomic mass is 10.1. The summed E-state index contributed by atoms with van der Waals surface area (Å²) >= 11 is 0. The predicted octanol–water partition coefficient (Wildman–Crippen LogP) is 2.98. The molecule has 0 radical (unpaired) electrons. The number of carbonyl (C=O) groups excluding carboxylic acids is 2. The maximum atomic E-state index is 12.7. The first-order valence-corrected chi connectivity index (χ1v) is 8.44. The Morgan fingerprint density at radius 1 is 1.12 bits per heavy atom. The van der Waals surface area contributed by atoms with Crippen molar-refractivity contribution in [3.05, 3.63) is 66.4 Å². The van der Waals surface area contributed by atoms with Gasteiger partial charge in [0.15, 0.2) is 0 Å². The standard InChI is InChI=1S/C20H19N3O2/c24-19-11-10-18(23(19)15-6-2-1-3-7-15)20(25)22-13-14-12-21-17-9-5-4-8-16(14)17/h1-9,12,18,21H,10-11,13H2,(H,22,25). The van der Waals surface area contributed by atoms with Gasteiger partial charge >= 0.3 is 0 Å². The van der Waals surface area contributed by atoms with E-state index in [1.807, 2.05) is 60.8 Å². The molecule has 5 nitrogen and oxygen atoms in total. The highest BCUT2D eigenvalue weighted by Crippen LogP contribution is 2.26. The molecule has 1 unspecified atom stereocenters. The second-order valence-corrected chi connectivity index (χ2v) is 6.23. The van der Waals surface area contributed by atoms with Gasteiger partial charge in [0, 0.05) is 35.8 Å². The average Bonchev–Trinajstić information content (AvgIpc) is 3.24. The highest BCUT2D eigenvalue weighted by molar-refractivity contribution is 6.03. The fourth-order valence-corrected chi connectivity index (χ4v) is 3.42. The molecule has 5 heteroatoms. The maximum absolute atomic E-state index is 12.7. The molecular formula is C20H19N3O2. The van der Waals surface area contributed by atoms with Crippen LogP contribution in [-0.2, 0) is 16.1 Å². The van der Waals surface area contributed by atoms with Crippen molar-refractivity contribution < 1.29 is 9.59 Å².